The van der Waals surface area contributed by atoms with Crippen molar-refractivity contribution in [3.8, 4) is 5.75 Å². The molecule has 7 heteroatoms. The highest BCUT2D eigenvalue weighted by Crippen LogP contribution is 2.24. The Balaban J connectivity index is 1.58. The van der Waals surface area contributed by atoms with E-state index in [0.29, 0.717) is 33.5 Å². The fourth-order valence-corrected chi connectivity index (χ4v) is 2.83. The lowest BCUT2D eigenvalue weighted by atomic mass is 10.1. The molecular weight excluding hydrogens is 414 g/mol. The lowest BCUT2D eigenvalue weighted by molar-refractivity contribution is -0.120. The standard InChI is InChI=1S/C22H17Cl2FN2O2/c23-19-10-7-16(11-20(19)24)14-29-21-4-2-1-3-17(21)13-26-27-22(28)12-15-5-8-18(25)9-6-15/h1-11,13H,12,14H2,(H,27,28)/b26-13+. The monoisotopic (exact) mass is 430 g/mol. The van der Waals surface area contributed by atoms with Gasteiger partial charge in [-0.2, -0.15) is 5.10 Å². The van der Waals surface area contributed by atoms with Crippen molar-refractivity contribution < 1.29 is 13.9 Å². The molecule has 1 N–H and O–H groups in total. The van der Waals surface area contributed by atoms with Crippen LogP contribution in [0.4, 0.5) is 4.39 Å². The predicted molar refractivity (Wildman–Crippen MR) is 113 cm³/mol. The van der Waals surface area contributed by atoms with Crippen molar-refractivity contribution in [2.24, 2.45) is 5.10 Å². The zero-order chi connectivity index (χ0) is 20.6. The Hall–Kier alpha value is -2.89. The van der Waals surface area contributed by atoms with E-state index in [1.807, 2.05) is 24.3 Å². The second-order valence-corrected chi connectivity index (χ2v) is 6.99. The zero-order valence-electron chi connectivity index (χ0n) is 15.2. The van der Waals surface area contributed by atoms with Crippen molar-refractivity contribution in [2.45, 2.75) is 13.0 Å². The summed E-state index contributed by atoms with van der Waals surface area (Å²) in [6, 6.07) is 18.3. The molecule has 148 valence electrons. The van der Waals surface area contributed by atoms with Gasteiger partial charge in [0, 0.05) is 5.56 Å². The molecule has 0 radical (unpaired) electrons. The minimum absolute atomic E-state index is 0.104. The van der Waals surface area contributed by atoms with E-state index in [-0.39, 0.29) is 18.1 Å². The number of hydrazone groups is 1. The van der Waals surface area contributed by atoms with Crippen LogP contribution in [0.2, 0.25) is 10.0 Å². The first-order valence-corrected chi connectivity index (χ1v) is 9.49. The van der Waals surface area contributed by atoms with Gasteiger partial charge in [0.05, 0.1) is 22.7 Å². The van der Waals surface area contributed by atoms with Gasteiger partial charge in [0.1, 0.15) is 18.2 Å². The van der Waals surface area contributed by atoms with Crippen molar-refractivity contribution >= 4 is 35.3 Å². The van der Waals surface area contributed by atoms with Crippen LogP contribution in [0, 0.1) is 5.82 Å². The fourth-order valence-electron chi connectivity index (χ4n) is 2.51. The SMILES string of the molecule is O=C(Cc1ccc(F)cc1)N/N=C/c1ccccc1OCc1ccc(Cl)c(Cl)c1. The molecule has 4 nitrogen and oxygen atoms in total. The smallest absolute Gasteiger partial charge is 0.244 e. The number of hydrogen-bond acceptors (Lipinski definition) is 3. The summed E-state index contributed by atoms with van der Waals surface area (Å²) >= 11 is 11.9. The summed E-state index contributed by atoms with van der Waals surface area (Å²) in [7, 11) is 0. The molecule has 0 spiro atoms. The minimum Gasteiger partial charge on any atom is -0.488 e. The molecule has 29 heavy (non-hydrogen) atoms. The Morgan fingerprint density at radius 3 is 2.48 bits per heavy atom. The van der Waals surface area contributed by atoms with Gasteiger partial charge in [-0.3, -0.25) is 4.79 Å². The zero-order valence-corrected chi connectivity index (χ0v) is 16.8. The van der Waals surface area contributed by atoms with E-state index in [9.17, 15) is 9.18 Å². The van der Waals surface area contributed by atoms with Crippen LogP contribution < -0.4 is 10.2 Å². The number of ether oxygens (including phenoxy) is 1. The molecule has 1 amide bonds. The number of nitrogens with zero attached hydrogens (tertiary/aromatic N) is 1. The van der Waals surface area contributed by atoms with Crippen molar-refractivity contribution in [1.29, 1.82) is 0 Å². The summed E-state index contributed by atoms with van der Waals surface area (Å²) in [5, 5.41) is 4.93. The molecule has 0 heterocycles. The van der Waals surface area contributed by atoms with Crippen LogP contribution in [0.25, 0.3) is 0 Å². The van der Waals surface area contributed by atoms with Gasteiger partial charge in [-0.05, 0) is 47.5 Å². The highest BCUT2D eigenvalue weighted by Gasteiger charge is 2.05. The van der Waals surface area contributed by atoms with E-state index in [1.54, 1.807) is 30.3 Å². The highest BCUT2D eigenvalue weighted by molar-refractivity contribution is 6.42. The van der Waals surface area contributed by atoms with Gasteiger partial charge in [0.25, 0.3) is 0 Å². The molecule has 0 aliphatic heterocycles. The maximum Gasteiger partial charge on any atom is 0.244 e. The first-order valence-electron chi connectivity index (χ1n) is 8.73. The third-order valence-corrected chi connectivity index (χ3v) is 4.71. The van der Waals surface area contributed by atoms with E-state index < -0.39 is 0 Å². The fraction of sp³-hybridized carbons (Fsp3) is 0.0909. The van der Waals surface area contributed by atoms with E-state index in [4.69, 9.17) is 27.9 Å². The number of halogens is 3. The summed E-state index contributed by atoms with van der Waals surface area (Å²) in [5.41, 5.74) is 4.73. The third-order valence-electron chi connectivity index (χ3n) is 3.97. The molecule has 0 unspecified atom stereocenters. The number of benzene rings is 3. The number of hydrogen-bond donors (Lipinski definition) is 1. The number of para-hydroxylation sites is 1. The Bertz CT molecular complexity index is 1020. The topological polar surface area (TPSA) is 50.7 Å². The van der Waals surface area contributed by atoms with Crippen molar-refractivity contribution in [3.63, 3.8) is 0 Å². The Morgan fingerprint density at radius 1 is 1.00 bits per heavy atom. The van der Waals surface area contributed by atoms with Gasteiger partial charge >= 0.3 is 0 Å². The van der Waals surface area contributed by atoms with Gasteiger partial charge in [0.2, 0.25) is 5.91 Å². The summed E-state index contributed by atoms with van der Waals surface area (Å²) in [6.45, 7) is 0.304. The average molecular weight is 431 g/mol. The summed E-state index contributed by atoms with van der Waals surface area (Å²) in [5.74, 6) is -0.0400. The quantitative estimate of drug-likeness (QED) is 0.402. The molecule has 3 aromatic carbocycles. The van der Waals surface area contributed by atoms with Crippen molar-refractivity contribution in [2.75, 3.05) is 0 Å². The van der Waals surface area contributed by atoms with Crippen LogP contribution in [0.15, 0.2) is 71.8 Å². The summed E-state index contributed by atoms with van der Waals surface area (Å²) in [6.07, 6.45) is 1.61. The van der Waals surface area contributed by atoms with Gasteiger partial charge in [0.15, 0.2) is 0 Å². The number of nitrogens with one attached hydrogen (secondary N) is 1. The molecule has 3 rings (SSSR count). The van der Waals surface area contributed by atoms with Crippen LogP contribution in [0.1, 0.15) is 16.7 Å². The Kier molecular flexibility index (Phi) is 7.22. The van der Waals surface area contributed by atoms with Gasteiger partial charge in [-0.15, -0.1) is 0 Å². The maximum atomic E-state index is 12.9. The molecule has 0 bridgehead atoms. The summed E-state index contributed by atoms with van der Waals surface area (Å²) in [4.78, 5) is 12.0. The molecule has 0 atom stereocenters. The Morgan fingerprint density at radius 2 is 1.72 bits per heavy atom. The molecule has 0 saturated heterocycles. The van der Waals surface area contributed by atoms with Crippen LogP contribution in [0.3, 0.4) is 0 Å². The molecule has 3 aromatic rings. The lowest BCUT2D eigenvalue weighted by Gasteiger charge is -2.09. The molecule has 0 aliphatic rings. The predicted octanol–water partition coefficient (Wildman–Crippen LogP) is 5.40. The van der Waals surface area contributed by atoms with Gasteiger partial charge < -0.3 is 4.74 Å². The second kappa shape index (κ2) is 10.0. The first kappa shape index (κ1) is 20.8. The third kappa shape index (κ3) is 6.31. The second-order valence-electron chi connectivity index (χ2n) is 6.17. The summed E-state index contributed by atoms with van der Waals surface area (Å²) < 4.78 is 18.8. The van der Waals surface area contributed by atoms with E-state index in [0.717, 1.165) is 5.56 Å². The number of rotatable bonds is 7. The van der Waals surface area contributed by atoms with E-state index >= 15 is 0 Å². The number of amides is 1. The van der Waals surface area contributed by atoms with Gasteiger partial charge in [-0.1, -0.05) is 53.5 Å². The van der Waals surface area contributed by atoms with Crippen molar-refractivity contribution in [3.05, 3.63) is 99.3 Å². The normalized spacial score (nSPS) is 10.9. The maximum absolute atomic E-state index is 12.9. The molecule has 0 fully saturated rings. The van der Waals surface area contributed by atoms with Gasteiger partial charge in [-0.25, -0.2) is 9.82 Å². The molecule has 0 aliphatic carbocycles. The number of carbonyl (C=O) groups is 1. The number of carbonyl (C=O) groups excluding carboxylic acids is 1. The minimum atomic E-state index is -0.343. The van der Waals surface area contributed by atoms with Crippen LogP contribution in [-0.2, 0) is 17.8 Å². The van der Waals surface area contributed by atoms with Crippen LogP contribution in [-0.4, -0.2) is 12.1 Å². The molecule has 0 saturated carbocycles. The van der Waals surface area contributed by atoms with Crippen LogP contribution in [0.5, 0.6) is 5.75 Å². The average Bonchev–Trinajstić information content (AvgIpc) is 2.71. The molecule has 0 aromatic heterocycles. The molecular formula is C22H17Cl2FN2O2. The van der Waals surface area contributed by atoms with Crippen LogP contribution >= 0.6 is 23.2 Å². The van der Waals surface area contributed by atoms with E-state index in [2.05, 4.69) is 10.5 Å². The largest absolute Gasteiger partial charge is 0.488 e. The van der Waals surface area contributed by atoms with E-state index in [1.165, 1.54) is 18.3 Å². The Labute approximate surface area is 177 Å². The lowest BCUT2D eigenvalue weighted by Crippen LogP contribution is -2.19. The first-order chi connectivity index (χ1) is 14.0. The highest BCUT2D eigenvalue weighted by atomic mass is 35.5. The van der Waals surface area contributed by atoms with Crippen molar-refractivity contribution in [1.82, 2.24) is 5.43 Å².